The Kier molecular flexibility index (Phi) is 7.55. The predicted molar refractivity (Wildman–Crippen MR) is 151 cm³/mol. The van der Waals surface area contributed by atoms with E-state index in [0.717, 1.165) is 49.7 Å². The first kappa shape index (κ1) is 25.9. The first-order valence-corrected chi connectivity index (χ1v) is 14.6. The van der Waals surface area contributed by atoms with Crippen LogP contribution >= 0.6 is 0 Å². The van der Waals surface area contributed by atoms with Crippen LogP contribution in [0.25, 0.3) is 22.3 Å². The third kappa shape index (κ3) is 5.81. The molecule has 0 bridgehead atoms. The van der Waals surface area contributed by atoms with Gasteiger partial charge in [-0.2, -0.15) is 0 Å². The molecule has 3 aromatic rings. The maximum absolute atomic E-state index is 13.1. The molecule has 0 spiro atoms. The number of ether oxygens (including phenoxy) is 1. The molecule has 8 nitrogen and oxygen atoms in total. The average molecular weight is 531 g/mol. The minimum absolute atomic E-state index is 0.0870. The maximum Gasteiger partial charge on any atom is 0.262 e. The van der Waals surface area contributed by atoms with Crippen LogP contribution in [-0.4, -0.2) is 47.2 Å². The minimum Gasteiger partial charge on any atom is -0.507 e. The highest BCUT2D eigenvalue weighted by atomic mass is 16.5. The summed E-state index contributed by atoms with van der Waals surface area (Å²) in [6.45, 7) is 2.98. The largest absolute Gasteiger partial charge is 0.507 e. The van der Waals surface area contributed by atoms with Gasteiger partial charge >= 0.3 is 0 Å². The normalized spacial score (nSPS) is 20.2. The second-order valence-electron chi connectivity index (χ2n) is 11.5. The van der Waals surface area contributed by atoms with Crippen molar-refractivity contribution in [1.82, 2.24) is 20.6 Å². The summed E-state index contributed by atoms with van der Waals surface area (Å²) in [5.74, 6) is 1.56. The summed E-state index contributed by atoms with van der Waals surface area (Å²) in [5.41, 5.74) is 2.17. The van der Waals surface area contributed by atoms with Gasteiger partial charge in [-0.1, -0.05) is 25.3 Å². The van der Waals surface area contributed by atoms with E-state index in [1.54, 1.807) is 18.2 Å². The highest BCUT2D eigenvalue weighted by molar-refractivity contribution is 5.98. The van der Waals surface area contributed by atoms with E-state index in [4.69, 9.17) is 9.72 Å². The van der Waals surface area contributed by atoms with Crippen LogP contribution in [0.3, 0.4) is 0 Å². The number of nitrogens with zero attached hydrogens (tertiary/aromatic N) is 1. The number of phenolic OH excluding ortho intramolecular Hbond substituents is 1. The highest BCUT2D eigenvalue weighted by Crippen LogP contribution is 2.41. The lowest BCUT2D eigenvalue weighted by Gasteiger charge is -2.25. The van der Waals surface area contributed by atoms with E-state index in [1.165, 1.54) is 32.1 Å². The molecule has 39 heavy (non-hydrogen) atoms. The molecule has 1 amide bonds. The van der Waals surface area contributed by atoms with Gasteiger partial charge in [0.2, 0.25) is 0 Å². The number of hydrogen-bond donors (Lipinski definition) is 4. The van der Waals surface area contributed by atoms with E-state index >= 15 is 0 Å². The number of nitrogens with one attached hydrogen (secondary N) is 3. The van der Waals surface area contributed by atoms with Gasteiger partial charge in [0.15, 0.2) is 0 Å². The van der Waals surface area contributed by atoms with Crippen molar-refractivity contribution >= 4 is 16.9 Å². The number of rotatable bonds is 8. The summed E-state index contributed by atoms with van der Waals surface area (Å²) in [6.07, 6.45) is 10.3. The van der Waals surface area contributed by atoms with Gasteiger partial charge in [-0.05, 0) is 92.7 Å². The Labute approximate surface area is 228 Å². The Hall–Kier alpha value is -3.39. The van der Waals surface area contributed by atoms with E-state index < -0.39 is 5.56 Å². The number of pyridine rings is 2. The molecular formula is C31H38N4O4. The van der Waals surface area contributed by atoms with E-state index in [2.05, 4.69) is 15.6 Å². The van der Waals surface area contributed by atoms with Crippen LogP contribution in [0.5, 0.6) is 11.5 Å². The number of piperidine rings is 1. The fourth-order valence-electron chi connectivity index (χ4n) is 6.07. The lowest BCUT2D eigenvalue weighted by atomic mass is 9.88. The number of fused-ring (bicyclic) bond motifs is 1. The molecule has 2 aromatic heterocycles. The molecular weight excluding hydrogens is 492 g/mol. The monoisotopic (exact) mass is 530 g/mol. The Morgan fingerprint density at radius 2 is 1.90 bits per heavy atom. The number of carbonyl (C=O) groups is 1. The number of aromatic nitrogens is 2. The van der Waals surface area contributed by atoms with Crippen molar-refractivity contribution in [2.24, 2.45) is 11.8 Å². The fourth-order valence-corrected chi connectivity index (χ4v) is 6.07. The molecule has 1 atom stereocenters. The van der Waals surface area contributed by atoms with Crippen LogP contribution in [0.1, 0.15) is 79.6 Å². The summed E-state index contributed by atoms with van der Waals surface area (Å²) >= 11 is 0. The Morgan fingerprint density at radius 1 is 1.05 bits per heavy atom. The summed E-state index contributed by atoms with van der Waals surface area (Å²) in [6, 6.07) is 8.97. The highest BCUT2D eigenvalue weighted by Gasteiger charge is 2.26. The van der Waals surface area contributed by atoms with Gasteiger partial charge in [0, 0.05) is 18.5 Å². The van der Waals surface area contributed by atoms with Crippen molar-refractivity contribution in [3.8, 4) is 22.8 Å². The van der Waals surface area contributed by atoms with Gasteiger partial charge in [-0.25, -0.2) is 4.98 Å². The summed E-state index contributed by atoms with van der Waals surface area (Å²) in [7, 11) is 0. The summed E-state index contributed by atoms with van der Waals surface area (Å²) < 4.78 is 6.11. The Morgan fingerprint density at radius 3 is 2.67 bits per heavy atom. The average Bonchev–Trinajstić information content (AvgIpc) is 3.79. The van der Waals surface area contributed by atoms with E-state index in [1.807, 2.05) is 12.1 Å². The maximum atomic E-state index is 13.1. The van der Waals surface area contributed by atoms with Gasteiger partial charge in [0.1, 0.15) is 22.7 Å². The number of H-pyrrole nitrogens is 1. The van der Waals surface area contributed by atoms with Crippen LogP contribution in [-0.2, 0) is 0 Å². The third-order valence-electron chi connectivity index (χ3n) is 8.55. The lowest BCUT2D eigenvalue weighted by Crippen LogP contribution is -2.34. The zero-order valence-electron chi connectivity index (χ0n) is 22.4. The molecule has 3 heterocycles. The zero-order chi connectivity index (χ0) is 26.8. The minimum atomic E-state index is -0.455. The Bertz CT molecular complexity index is 1400. The van der Waals surface area contributed by atoms with E-state index in [-0.39, 0.29) is 23.1 Å². The van der Waals surface area contributed by atoms with Crippen molar-refractivity contribution in [1.29, 1.82) is 0 Å². The lowest BCUT2D eigenvalue weighted by molar-refractivity contribution is 0.0942. The van der Waals surface area contributed by atoms with E-state index in [0.29, 0.717) is 47.6 Å². The van der Waals surface area contributed by atoms with Crippen LogP contribution in [0.2, 0.25) is 0 Å². The fraction of sp³-hybridized carbons (Fsp3) is 0.516. The number of aromatic hydroxyl groups is 1. The number of amides is 1. The molecule has 0 radical (unpaired) electrons. The van der Waals surface area contributed by atoms with E-state index in [9.17, 15) is 14.7 Å². The number of benzene rings is 1. The molecule has 4 N–H and O–H groups in total. The first-order chi connectivity index (χ1) is 19.1. The molecule has 206 valence electrons. The molecule has 1 unspecified atom stereocenters. The number of phenols is 1. The van der Waals surface area contributed by atoms with Gasteiger partial charge < -0.3 is 25.5 Å². The second-order valence-corrected chi connectivity index (χ2v) is 11.5. The van der Waals surface area contributed by atoms with Gasteiger partial charge in [0.25, 0.3) is 11.5 Å². The van der Waals surface area contributed by atoms with Crippen LogP contribution in [0.15, 0.2) is 35.1 Å². The standard InChI is InChI=1S/C31H38N4O4/c36-26-9-4-10-27(39-18-20-11-12-20)28(26)25-15-22(21-8-5-13-32-17-21)23-14-24(31(38)35-29(23)34-25)30(37)33-16-19-6-2-1-3-7-19/h4,9-10,14-15,19-21,32,36H,1-3,5-8,11-13,16-18H2,(H,33,37)(H,34,35,38). The quantitative estimate of drug-likeness (QED) is 0.331. The zero-order valence-corrected chi connectivity index (χ0v) is 22.4. The summed E-state index contributed by atoms with van der Waals surface area (Å²) in [5, 5.41) is 18.1. The van der Waals surface area contributed by atoms with Crippen LogP contribution in [0.4, 0.5) is 0 Å². The smallest absolute Gasteiger partial charge is 0.262 e. The number of carbonyl (C=O) groups excluding carboxylic acids is 1. The molecule has 6 rings (SSSR count). The van der Waals surface area contributed by atoms with Crippen molar-refractivity contribution in [3.05, 3.63) is 51.8 Å². The van der Waals surface area contributed by atoms with Crippen molar-refractivity contribution in [2.45, 2.75) is 63.7 Å². The van der Waals surface area contributed by atoms with Crippen LogP contribution in [0, 0.1) is 11.8 Å². The molecule has 8 heteroatoms. The van der Waals surface area contributed by atoms with Crippen molar-refractivity contribution < 1.29 is 14.6 Å². The van der Waals surface area contributed by atoms with Crippen LogP contribution < -0.4 is 20.9 Å². The molecule has 3 aliphatic rings. The predicted octanol–water partition coefficient (Wildman–Crippen LogP) is 4.86. The van der Waals surface area contributed by atoms with Gasteiger partial charge in [-0.15, -0.1) is 0 Å². The van der Waals surface area contributed by atoms with Crippen molar-refractivity contribution in [2.75, 3.05) is 26.2 Å². The van der Waals surface area contributed by atoms with Gasteiger partial charge in [-0.3, -0.25) is 9.59 Å². The first-order valence-electron chi connectivity index (χ1n) is 14.6. The molecule has 1 aromatic carbocycles. The Balaban J connectivity index is 1.39. The second kappa shape index (κ2) is 11.4. The molecule has 1 saturated heterocycles. The molecule has 2 aliphatic carbocycles. The SMILES string of the molecule is O=C(NCC1CCCCC1)c1cc2c(C3CCCNC3)cc(-c3c(O)cccc3OCC3CC3)nc2[nH]c1=O. The van der Waals surface area contributed by atoms with Crippen molar-refractivity contribution in [3.63, 3.8) is 0 Å². The number of aromatic amines is 1. The topological polar surface area (TPSA) is 116 Å². The molecule has 1 aliphatic heterocycles. The number of hydrogen-bond acceptors (Lipinski definition) is 6. The molecule has 2 saturated carbocycles. The van der Waals surface area contributed by atoms with Gasteiger partial charge in [0.05, 0.1) is 17.9 Å². The molecule has 3 fully saturated rings. The third-order valence-corrected chi connectivity index (χ3v) is 8.55. The summed E-state index contributed by atoms with van der Waals surface area (Å²) in [4.78, 5) is 34.0.